The first-order chi connectivity index (χ1) is 7.13. The first kappa shape index (κ1) is 10.7. The van der Waals surface area contributed by atoms with Gasteiger partial charge in [-0.05, 0) is 44.2 Å². The number of hydrogen-bond donors (Lipinski definition) is 1. The fraction of sp³-hybridized carbons (Fsp3) is 0.571. The summed E-state index contributed by atoms with van der Waals surface area (Å²) < 4.78 is 0. The van der Waals surface area contributed by atoms with Gasteiger partial charge in [-0.15, -0.1) is 0 Å². The molecule has 0 bridgehead atoms. The molecule has 1 heteroatoms. The van der Waals surface area contributed by atoms with Crippen LogP contribution in [0, 0.1) is 0 Å². The average Bonchev–Trinajstić information content (AvgIpc) is 2.53. The van der Waals surface area contributed by atoms with E-state index in [2.05, 4.69) is 50.4 Å². The van der Waals surface area contributed by atoms with Crippen LogP contribution in [0.5, 0.6) is 0 Å². The number of fused-ring (bicyclic) bond motifs is 1. The van der Waals surface area contributed by atoms with Crippen molar-refractivity contribution >= 4 is 0 Å². The highest BCUT2D eigenvalue weighted by Gasteiger charge is 2.32. The summed E-state index contributed by atoms with van der Waals surface area (Å²) in [7, 11) is 0. The normalized spacial score (nSPS) is 19.9. The van der Waals surface area contributed by atoms with E-state index in [-0.39, 0.29) is 5.54 Å². The Morgan fingerprint density at radius 2 is 1.80 bits per heavy atom. The lowest BCUT2D eigenvalue weighted by Crippen LogP contribution is -2.47. The zero-order valence-corrected chi connectivity index (χ0v) is 10.0. The van der Waals surface area contributed by atoms with Gasteiger partial charge >= 0.3 is 0 Å². The summed E-state index contributed by atoms with van der Waals surface area (Å²) >= 11 is 0. The van der Waals surface area contributed by atoms with Crippen molar-refractivity contribution in [3.63, 3.8) is 0 Å². The van der Waals surface area contributed by atoms with Gasteiger partial charge < -0.3 is 5.32 Å². The number of rotatable bonds is 3. The molecule has 1 aliphatic carbocycles. The molecular formula is C14H21N. The first-order valence-corrected chi connectivity index (χ1v) is 5.97. The third-order valence-electron chi connectivity index (χ3n) is 3.49. The quantitative estimate of drug-likeness (QED) is 0.796. The maximum absolute atomic E-state index is 3.75. The minimum atomic E-state index is 0.277. The van der Waals surface area contributed by atoms with E-state index in [0.717, 1.165) is 0 Å². The van der Waals surface area contributed by atoms with Gasteiger partial charge in [0.15, 0.2) is 0 Å². The summed E-state index contributed by atoms with van der Waals surface area (Å²) in [6, 6.07) is 9.43. The second kappa shape index (κ2) is 3.97. The molecule has 82 valence electrons. The van der Waals surface area contributed by atoms with Crippen LogP contribution in [0.3, 0.4) is 0 Å². The lowest BCUT2D eigenvalue weighted by Gasteiger charge is -2.29. The van der Waals surface area contributed by atoms with Gasteiger partial charge in [-0.25, -0.2) is 0 Å². The van der Waals surface area contributed by atoms with Gasteiger partial charge in [0, 0.05) is 11.6 Å². The highest BCUT2D eigenvalue weighted by molar-refractivity contribution is 5.35. The van der Waals surface area contributed by atoms with Crippen molar-refractivity contribution in [3.8, 4) is 0 Å². The van der Waals surface area contributed by atoms with E-state index >= 15 is 0 Å². The maximum Gasteiger partial charge on any atom is 0.0236 e. The number of nitrogens with one attached hydrogen (secondary N) is 1. The lowest BCUT2D eigenvalue weighted by atomic mass is 9.97. The molecule has 15 heavy (non-hydrogen) atoms. The Bertz CT molecular complexity index is 318. The largest absolute Gasteiger partial charge is 0.308 e. The van der Waals surface area contributed by atoms with Gasteiger partial charge in [-0.2, -0.15) is 0 Å². The molecule has 0 saturated heterocycles. The fourth-order valence-corrected chi connectivity index (χ4v) is 2.60. The second-order valence-corrected chi connectivity index (χ2v) is 5.14. The lowest BCUT2D eigenvalue weighted by molar-refractivity contribution is 0.325. The second-order valence-electron chi connectivity index (χ2n) is 5.14. The van der Waals surface area contributed by atoms with E-state index in [1.54, 1.807) is 0 Å². The van der Waals surface area contributed by atoms with Gasteiger partial charge in [-0.3, -0.25) is 0 Å². The predicted molar refractivity (Wildman–Crippen MR) is 65.1 cm³/mol. The SMILES string of the molecule is CCC(C)NC1(C)Cc2ccccc2C1. The molecule has 0 fully saturated rings. The van der Waals surface area contributed by atoms with Gasteiger partial charge in [0.1, 0.15) is 0 Å². The predicted octanol–water partition coefficient (Wildman–Crippen LogP) is 2.93. The van der Waals surface area contributed by atoms with E-state index in [1.807, 2.05) is 0 Å². The van der Waals surface area contributed by atoms with Crippen LogP contribution in [0.25, 0.3) is 0 Å². The van der Waals surface area contributed by atoms with Crippen molar-refractivity contribution in [2.24, 2.45) is 0 Å². The third kappa shape index (κ3) is 2.23. The van der Waals surface area contributed by atoms with Crippen molar-refractivity contribution in [3.05, 3.63) is 35.4 Å². The van der Waals surface area contributed by atoms with Crippen molar-refractivity contribution < 1.29 is 0 Å². The molecule has 1 N–H and O–H groups in total. The van der Waals surface area contributed by atoms with Crippen LogP contribution in [-0.2, 0) is 12.8 Å². The Labute approximate surface area is 92.9 Å². The highest BCUT2D eigenvalue weighted by atomic mass is 15.0. The van der Waals surface area contributed by atoms with Crippen LogP contribution in [-0.4, -0.2) is 11.6 Å². The van der Waals surface area contributed by atoms with Crippen LogP contribution in [0.15, 0.2) is 24.3 Å². The molecule has 1 aromatic rings. The van der Waals surface area contributed by atoms with Gasteiger partial charge in [0.25, 0.3) is 0 Å². The molecule has 1 aromatic carbocycles. The first-order valence-electron chi connectivity index (χ1n) is 5.97. The molecule has 2 rings (SSSR count). The van der Waals surface area contributed by atoms with E-state index in [1.165, 1.54) is 30.4 Å². The van der Waals surface area contributed by atoms with Crippen molar-refractivity contribution in [1.29, 1.82) is 0 Å². The van der Waals surface area contributed by atoms with Crippen LogP contribution < -0.4 is 5.32 Å². The Hall–Kier alpha value is -0.820. The molecule has 0 saturated carbocycles. The van der Waals surface area contributed by atoms with E-state index < -0.39 is 0 Å². The van der Waals surface area contributed by atoms with Crippen LogP contribution >= 0.6 is 0 Å². The summed E-state index contributed by atoms with van der Waals surface area (Å²) in [5, 5.41) is 3.75. The molecule has 0 radical (unpaired) electrons. The minimum Gasteiger partial charge on any atom is -0.308 e. The zero-order chi connectivity index (χ0) is 10.9. The van der Waals surface area contributed by atoms with Crippen molar-refractivity contribution in [2.75, 3.05) is 0 Å². The summed E-state index contributed by atoms with van der Waals surface area (Å²) in [5.74, 6) is 0. The Morgan fingerprint density at radius 3 is 2.27 bits per heavy atom. The van der Waals surface area contributed by atoms with Crippen LogP contribution in [0.4, 0.5) is 0 Å². The fourth-order valence-electron chi connectivity index (χ4n) is 2.60. The maximum atomic E-state index is 3.75. The molecule has 0 aromatic heterocycles. The smallest absolute Gasteiger partial charge is 0.0236 e. The van der Waals surface area contributed by atoms with E-state index in [0.29, 0.717) is 6.04 Å². The number of hydrogen-bond acceptors (Lipinski definition) is 1. The van der Waals surface area contributed by atoms with Gasteiger partial charge in [-0.1, -0.05) is 31.2 Å². The molecule has 0 aliphatic heterocycles. The average molecular weight is 203 g/mol. The molecular weight excluding hydrogens is 182 g/mol. The van der Waals surface area contributed by atoms with Gasteiger partial charge in [0.05, 0.1) is 0 Å². The molecule has 1 aliphatic rings. The highest BCUT2D eigenvalue weighted by Crippen LogP contribution is 2.30. The summed E-state index contributed by atoms with van der Waals surface area (Å²) in [5.41, 5.74) is 3.32. The van der Waals surface area contributed by atoms with Crippen LogP contribution in [0.2, 0.25) is 0 Å². The third-order valence-corrected chi connectivity index (χ3v) is 3.49. The topological polar surface area (TPSA) is 12.0 Å². The Morgan fingerprint density at radius 1 is 1.27 bits per heavy atom. The minimum absolute atomic E-state index is 0.277. The van der Waals surface area contributed by atoms with Crippen molar-refractivity contribution in [2.45, 2.75) is 51.6 Å². The summed E-state index contributed by atoms with van der Waals surface area (Å²) in [6.07, 6.45) is 3.55. The summed E-state index contributed by atoms with van der Waals surface area (Å²) in [4.78, 5) is 0. The monoisotopic (exact) mass is 203 g/mol. The molecule has 1 nitrogen and oxygen atoms in total. The standard InChI is InChI=1S/C14H21N/c1-4-11(2)15-14(3)9-12-7-5-6-8-13(12)10-14/h5-8,11,15H,4,9-10H2,1-3H3. The summed E-state index contributed by atoms with van der Waals surface area (Å²) in [6.45, 7) is 6.86. The van der Waals surface area contributed by atoms with Crippen LogP contribution in [0.1, 0.15) is 38.3 Å². The van der Waals surface area contributed by atoms with Gasteiger partial charge in [0.2, 0.25) is 0 Å². The molecule has 1 unspecified atom stereocenters. The molecule has 0 amide bonds. The molecule has 0 heterocycles. The van der Waals surface area contributed by atoms with E-state index in [9.17, 15) is 0 Å². The molecule has 0 spiro atoms. The number of benzene rings is 1. The zero-order valence-electron chi connectivity index (χ0n) is 10.0. The Kier molecular flexibility index (Phi) is 2.83. The molecule has 1 atom stereocenters. The Balaban J connectivity index is 2.11. The van der Waals surface area contributed by atoms with Crippen molar-refractivity contribution in [1.82, 2.24) is 5.32 Å². The van der Waals surface area contributed by atoms with E-state index in [4.69, 9.17) is 0 Å².